The molecule has 340 valence electrons. The fourth-order valence-electron chi connectivity index (χ4n) is 8.25. The Morgan fingerprint density at radius 2 is 0.403 bits per heavy atom. The van der Waals surface area contributed by atoms with Crippen molar-refractivity contribution in [2.24, 2.45) is 0 Å². The summed E-state index contributed by atoms with van der Waals surface area (Å²) in [6.07, 6.45) is 7.14. The van der Waals surface area contributed by atoms with Gasteiger partial charge < -0.3 is 0 Å². The van der Waals surface area contributed by atoms with E-state index in [-0.39, 0.29) is 0 Å². The Bertz CT molecular complexity index is 3350. The Morgan fingerprint density at radius 1 is 0.153 bits per heavy atom. The number of hydrogen-bond acceptors (Lipinski definition) is 9. The van der Waals surface area contributed by atoms with Crippen molar-refractivity contribution in [1.29, 1.82) is 0 Å². The van der Waals surface area contributed by atoms with E-state index in [2.05, 4.69) is 92.7 Å². The zero-order valence-corrected chi connectivity index (χ0v) is 38.9. The van der Waals surface area contributed by atoms with Crippen molar-refractivity contribution >= 4 is 0 Å². The molecular weight excluding hydrogens is 883 g/mol. The molecule has 0 radical (unpaired) electrons. The Balaban J connectivity index is 0.000000165. The lowest BCUT2D eigenvalue weighted by molar-refractivity contribution is 1.20. The summed E-state index contributed by atoms with van der Waals surface area (Å²) in [6, 6.07) is 78.6. The standard InChI is InChI=1S/C37H25N5.C26H18N4/c1-3-12-26(13-4-1)28-22-34(30-16-7-9-20-38-30)41-36(24-28)32-18-11-19-33(40-32)37-25-29(27-14-5-2-6-15-27)23-35(42-37)31-17-8-10-21-39-31;1-3-17-27-23(7-1)25-11-5-9-21(29-25)19-13-15-20(16-14-19)22-10-6-12-26(30-22)24-8-2-4-18-28-24/h1-25H;1-18H. The van der Waals surface area contributed by atoms with Gasteiger partial charge in [-0.2, -0.15) is 0 Å². The average Bonchev–Trinajstić information content (AvgIpc) is 3.48. The van der Waals surface area contributed by atoms with Gasteiger partial charge in [0.2, 0.25) is 0 Å². The van der Waals surface area contributed by atoms with Crippen LogP contribution in [0.4, 0.5) is 0 Å². The van der Waals surface area contributed by atoms with E-state index in [1.807, 2.05) is 164 Å². The summed E-state index contributed by atoms with van der Waals surface area (Å²) in [5, 5.41) is 0. The molecule has 12 rings (SSSR count). The normalized spacial score (nSPS) is 10.8. The van der Waals surface area contributed by atoms with Crippen LogP contribution in [0.5, 0.6) is 0 Å². The van der Waals surface area contributed by atoms with Crippen molar-refractivity contribution in [3.63, 3.8) is 0 Å². The third-order valence-corrected chi connectivity index (χ3v) is 11.8. The van der Waals surface area contributed by atoms with Gasteiger partial charge in [-0.05, 0) is 131 Å². The topological polar surface area (TPSA) is 116 Å². The van der Waals surface area contributed by atoms with Crippen LogP contribution in [0.25, 0.3) is 113 Å². The predicted octanol–water partition coefficient (Wildman–Crippen LogP) is 14.6. The van der Waals surface area contributed by atoms with Crippen molar-refractivity contribution in [2.45, 2.75) is 0 Å². The number of benzene rings is 3. The molecule has 9 heterocycles. The van der Waals surface area contributed by atoms with Gasteiger partial charge in [0, 0.05) is 35.9 Å². The van der Waals surface area contributed by atoms with Crippen LogP contribution in [0.15, 0.2) is 261 Å². The van der Waals surface area contributed by atoms with E-state index in [0.717, 1.165) is 113 Å². The monoisotopic (exact) mass is 925 g/mol. The molecule has 0 saturated heterocycles. The maximum atomic E-state index is 5.09. The van der Waals surface area contributed by atoms with Crippen LogP contribution >= 0.6 is 0 Å². The van der Waals surface area contributed by atoms with Gasteiger partial charge in [0.1, 0.15) is 0 Å². The maximum absolute atomic E-state index is 5.09. The minimum absolute atomic E-state index is 0.758. The molecule has 0 unspecified atom stereocenters. The molecule has 0 N–H and O–H groups in total. The zero-order valence-electron chi connectivity index (χ0n) is 38.9. The molecule has 0 atom stereocenters. The van der Waals surface area contributed by atoms with Gasteiger partial charge in [-0.15, -0.1) is 0 Å². The maximum Gasteiger partial charge on any atom is 0.0900 e. The first-order valence-electron chi connectivity index (χ1n) is 23.5. The summed E-state index contributed by atoms with van der Waals surface area (Å²) < 4.78 is 0. The predicted molar refractivity (Wildman–Crippen MR) is 287 cm³/mol. The van der Waals surface area contributed by atoms with E-state index >= 15 is 0 Å². The molecule has 72 heavy (non-hydrogen) atoms. The van der Waals surface area contributed by atoms with Crippen molar-refractivity contribution in [3.05, 3.63) is 261 Å². The van der Waals surface area contributed by atoms with Gasteiger partial charge in [0.15, 0.2) is 0 Å². The van der Waals surface area contributed by atoms with E-state index in [1.165, 1.54) is 0 Å². The molecule has 0 bridgehead atoms. The van der Waals surface area contributed by atoms with Gasteiger partial charge in [-0.25, -0.2) is 24.9 Å². The summed E-state index contributed by atoms with van der Waals surface area (Å²) in [5.74, 6) is 0. The van der Waals surface area contributed by atoms with Crippen molar-refractivity contribution in [3.8, 4) is 113 Å². The van der Waals surface area contributed by atoms with E-state index < -0.39 is 0 Å². The van der Waals surface area contributed by atoms with Gasteiger partial charge in [0.05, 0.1) is 79.7 Å². The molecule has 0 amide bonds. The lowest BCUT2D eigenvalue weighted by Gasteiger charge is -2.12. The smallest absolute Gasteiger partial charge is 0.0900 e. The number of pyridine rings is 9. The fourth-order valence-corrected chi connectivity index (χ4v) is 8.25. The Kier molecular flexibility index (Phi) is 13.1. The van der Waals surface area contributed by atoms with Gasteiger partial charge in [0.25, 0.3) is 0 Å². The summed E-state index contributed by atoms with van der Waals surface area (Å²) >= 11 is 0. The summed E-state index contributed by atoms with van der Waals surface area (Å²) in [7, 11) is 0. The Hall–Kier alpha value is -9.99. The molecule has 12 aromatic rings. The van der Waals surface area contributed by atoms with Crippen molar-refractivity contribution in [2.75, 3.05) is 0 Å². The average molecular weight is 926 g/mol. The second kappa shape index (κ2) is 21.1. The van der Waals surface area contributed by atoms with Gasteiger partial charge >= 0.3 is 0 Å². The summed E-state index contributed by atoms with van der Waals surface area (Å²) in [5.41, 5.74) is 18.0. The summed E-state index contributed by atoms with van der Waals surface area (Å²) in [4.78, 5) is 42.6. The molecule has 0 fully saturated rings. The summed E-state index contributed by atoms with van der Waals surface area (Å²) in [6.45, 7) is 0. The van der Waals surface area contributed by atoms with E-state index in [4.69, 9.17) is 24.9 Å². The van der Waals surface area contributed by atoms with Crippen LogP contribution in [0.2, 0.25) is 0 Å². The molecule has 9 nitrogen and oxygen atoms in total. The molecule has 0 aliphatic carbocycles. The van der Waals surface area contributed by atoms with Crippen LogP contribution in [-0.4, -0.2) is 44.9 Å². The first-order chi connectivity index (χ1) is 35.7. The number of aromatic nitrogens is 9. The second-order valence-corrected chi connectivity index (χ2v) is 16.6. The first-order valence-corrected chi connectivity index (χ1v) is 23.5. The number of rotatable bonds is 10. The molecule has 0 saturated carbocycles. The van der Waals surface area contributed by atoms with Gasteiger partial charge in [-0.3, -0.25) is 19.9 Å². The van der Waals surface area contributed by atoms with E-state index in [1.54, 1.807) is 24.8 Å². The minimum atomic E-state index is 0.758. The highest BCUT2D eigenvalue weighted by molar-refractivity contribution is 5.78. The molecule has 9 heteroatoms. The molecule has 0 spiro atoms. The second-order valence-electron chi connectivity index (χ2n) is 16.6. The molecule has 0 aliphatic heterocycles. The lowest BCUT2D eigenvalue weighted by Crippen LogP contribution is -1.97. The zero-order chi connectivity index (χ0) is 48.3. The highest BCUT2D eigenvalue weighted by Crippen LogP contribution is 2.33. The highest BCUT2D eigenvalue weighted by Gasteiger charge is 2.15. The van der Waals surface area contributed by atoms with Crippen LogP contribution in [-0.2, 0) is 0 Å². The largest absolute Gasteiger partial charge is 0.255 e. The SMILES string of the molecule is c1ccc(-c2cc(-c3ccccn3)nc(-c3cccc(-c4cc(-c5ccccc5)cc(-c5ccccn5)n4)n3)c2)cc1.c1ccc(-c2cccc(-c3ccc(-c4cccc(-c5ccccn5)n4)cc3)n2)nc1. The quantitative estimate of drug-likeness (QED) is 0.132. The fraction of sp³-hybridized carbons (Fsp3) is 0. The molecular formula is C63H43N9. The number of hydrogen-bond donors (Lipinski definition) is 0. The Morgan fingerprint density at radius 3 is 0.736 bits per heavy atom. The number of nitrogens with zero attached hydrogens (tertiary/aromatic N) is 9. The first kappa shape index (κ1) is 44.5. The van der Waals surface area contributed by atoms with E-state index in [9.17, 15) is 0 Å². The highest BCUT2D eigenvalue weighted by atomic mass is 14.9. The molecule has 0 aliphatic rings. The van der Waals surface area contributed by atoms with Crippen LogP contribution < -0.4 is 0 Å². The van der Waals surface area contributed by atoms with Crippen LogP contribution in [0, 0.1) is 0 Å². The molecule has 9 aromatic heterocycles. The van der Waals surface area contributed by atoms with Gasteiger partial charge in [-0.1, -0.05) is 127 Å². The van der Waals surface area contributed by atoms with E-state index in [0.29, 0.717) is 0 Å². The van der Waals surface area contributed by atoms with Crippen molar-refractivity contribution in [1.82, 2.24) is 44.9 Å². The third-order valence-electron chi connectivity index (χ3n) is 11.8. The minimum Gasteiger partial charge on any atom is -0.255 e. The van der Waals surface area contributed by atoms with Crippen LogP contribution in [0.1, 0.15) is 0 Å². The third kappa shape index (κ3) is 10.4. The lowest BCUT2D eigenvalue weighted by atomic mass is 10.0. The van der Waals surface area contributed by atoms with Crippen LogP contribution in [0.3, 0.4) is 0 Å². The molecule has 3 aromatic carbocycles. The van der Waals surface area contributed by atoms with Crippen molar-refractivity contribution < 1.29 is 0 Å². The Labute approximate surface area is 417 Å².